The SMILES string of the molecule is CCCCCCC(O)(c1ccccc1)c1nc(C)c(N(C)C)o1. The third-order valence-electron chi connectivity index (χ3n) is 4.18. The van der Waals surface area contributed by atoms with E-state index in [2.05, 4.69) is 11.9 Å². The molecule has 2 aromatic rings. The molecule has 0 saturated heterocycles. The minimum absolute atomic E-state index is 0.390. The largest absolute Gasteiger partial charge is 0.421 e. The standard InChI is InChI=1S/C19H28N2O2/c1-5-6-7-11-14-19(22,16-12-9-8-10-13-16)18-20-15(2)17(23-18)21(3)4/h8-10,12-13,22H,5-7,11,14H2,1-4H3. The van der Waals surface area contributed by atoms with Crippen LogP contribution in [0.4, 0.5) is 5.88 Å². The van der Waals surface area contributed by atoms with Crippen molar-refractivity contribution in [3.05, 3.63) is 47.5 Å². The van der Waals surface area contributed by atoms with Gasteiger partial charge in [0.15, 0.2) is 5.60 Å². The number of benzene rings is 1. The monoisotopic (exact) mass is 316 g/mol. The Labute approximate surface area is 139 Å². The summed E-state index contributed by atoms with van der Waals surface area (Å²) in [6.45, 7) is 4.09. The van der Waals surface area contributed by atoms with E-state index in [1.807, 2.05) is 56.3 Å². The molecule has 0 amide bonds. The maximum Gasteiger partial charge on any atom is 0.233 e. The molecule has 0 spiro atoms. The van der Waals surface area contributed by atoms with Gasteiger partial charge in [0.25, 0.3) is 0 Å². The minimum atomic E-state index is -1.17. The van der Waals surface area contributed by atoms with Crippen molar-refractivity contribution in [2.45, 2.75) is 51.6 Å². The van der Waals surface area contributed by atoms with E-state index < -0.39 is 5.60 Å². The van der Waals surface area contributed by atoms with Crippen molar-refractivity contribution < 1.29 is 9.52 Å². The van der Waals surface area contributed by atoms with Crippen LogP contribution in [-0.4, -0.2) is 24.2 Å². The number of aliphatic hydroxyl groups is 1. The first kappa shape index (κ1) is 17.5. The van der Waals surface area contributed by atoms with E-state index in [1.54, 1.807) is 0 Å². The highest BCUT2D eigenvalue weighted by atomic mass is 16.4. The van der Waals surface area contributed by atoms with Gasteiger partial charge in [-0.3, -0.25) is 0 Å². The fourth-order valence-electron chi connectivity index (χ4n) is 2.88. The van der Waals surface area contributed by atoms with E-state index >= 15 is 0 Å². The molecule has 126 valence electrons. The van der Waals surface area contributed by atoms with Crippen LogP contribution in [0.2, 0.25) is 0 Å². The number of aryl methyl sites for hydroxylation is 1. The molecule has 1 heterocycles. The second-order valence-corrected chi connectivity index (χ2v) is 6.34. The van der Waals surface area contributed by atoms with E-state index in [0.29, 0.717) is 18.2 Å². The lowest BCUT2D eigenvalue weighted by Gasteiger charge is -2.25. The van der Waals surface area contributed by atoms with Gasteiger partial charge in [-0.1, -0.05) is 56.5 Å². The van der Waals surface area contributed by atoms with E-state index in [-0.39, 0.29) is 0 Å². The van der Waals surface area contributed by atoms with Crippen molar-refractivity contribution >= 4 is 5.88 Å². The molecule has 0 saturated carbocycles. The molecule has 1 aromatic carbocycles. The molecule has 1 N–H and O–H groups in total. The quantitative estimate of drug-likeness (QED) is 0.739. The second kappa shape index (κ2) is 7.64. The van der Waals surface area contributed by atoms with E-state index in [4.69, 9.17) is 4.42 Å². The molecule has 1 aromatic heterocycles. The van der Waals surface area contributed by atoms with Gasteiger partial charge in [0.05, 0.1) is 0 Å². The predicted molar refractivity (Wildman–Crippen MR) is 93.8 cm³/mol. The number of oxazole rings is 1. The van der Waals surface area contributed by atoms with Crippen molar-refractivity contribution in [1.82, 2.24) is 4.98 Å². The molecule has 4 heteroatoms. The summed E-state index contributed by atoms with van der Waals surface area (Å²) in [5.41, 5.74) is 0.463. The van der Waals surface area contributed by atoms with E-state index in [9.17, 15) is 5.11 Å². The van der Waals surface area contributed by atoms with Crippen LogP contribution >= 0.6 is 0 Å². The molecule has 0 aliphatic carbocycles. The summed E-state index contributed by atoms with van der Waals surface area (Å²) in [5.74, 6) is 1.09. The fraction of sp³-hybridized carbons (Fsp3) is 0.526. The highest BCUT2D eigenvalue weighted by molar-refractivity contribution is 5.40. The molecule has 4 nitrogen and oxygen atoms in total. The van der Waals surface area contributed by atoms with Crippen LogP contribution < -0.4 is 4.90 Å². The lowest BCUT2D eigenvalue weighted by Crippen LogP contribution is -2.27. The van der Waals surface area contributed by atoms with Crippen molar-refractivity contribution in [3.63, 3.8) is 0 Å². The lowest BCUT2D eigenvalue weighted by atomic mass is 9.88. The molecular formula is C19H28N2O2. The van der Waals surface area contributed by atoms with Gasteiger partial charge in [0, 0.05) is 14.1 Å². The molecule has 0 aliphatic heterocycles. The highest BCUT2D eigenvalue weighted by Crippen LogP contribution is 2.36. The molecule has 23 heavy (non-hydrogen) atoms. The first-order valence-electron chi connectivity index (χ1n) is 8.42. The maximum absolute atomic E-state index is 11.4. The van der Waals surface area contributed by atoms with Crippen LogP contribution in [0.15, 0.2) is 34.7 Å². The first-order valence-corrected chi connectivity index (χ1v) is 8.42. The molecule has 1 atom stereocenters. The van der Waals surface area contributed by atoms with Gasteiger partial charge in [-0.25, -0.2) is 4.98 Å². The Morgan fingerprint density at radius 2 is 1.83 bits per heavy atom. The Morgan fingerprint density at radius 3 is 2.39 bits per heavy atom. The number of anilines is 1. The van der Waals surface area contributed by atoms with Gasteiger partial charge in [-0.2, -0.15) is 0 Å². The maximum atomic E-state index is 11.4. The normalized spacial score (nSPS) is 13.8. The Morgan fingerprint density at radius 1 is 1.13 bits per heavy atom. The number of rotatable bonds is 8. The zero-order chi connectivity index (χ0) is 16.9. The van der Waals surface area contributed by atoms with Crippen molar-refractivity contribution in [3.8, 4) is 0 Å². The van der Waals surface area contributed by atoms with E-state index in [1.165, 1.54) is 12.8 Å². The number of aromatic nitrogens is 1. The lowest BCUT2D eigenvalue weighted by molar-refractivity contribution is 0.0399. The van der Waals surface area contributed by atoms with Crippen LogP contribution in [0.25, 0.3) is 0 Å². The predicted octanol–water partition coefficient (Wildman–Crippen LogP) is 4.26. The van der Waals surface area contributed by atoms with Crippen LogP contribution in [0.1, 0.15) is 56.2 Å². The molecule has 0 radical (unpaired) electrons. The third-order valence-corrected chi connectivity index (χ3v) is 4.18. The van der Waals surface area contributed by atoms with Crippen molar-refractivity contribution in [1.29, 1.82) is 0 Å². The van der Waals surface area contributed by atoms with Crippen LogP contribution in [0.3, 0.4) is 0 Å². The summed E-state index contributed by atoms with van der Waals surface area (Å²) in [5, 5.41) is 11.4. The zero-order valence-corrected chi connectivity index (χ0v) is 14.7. The van der Waals surface area contributed by atoms with Gasteiger partial charge in [-0.05, 0) is 25.3 Å². The summed E-state index contributed by atoms with van der Waals surface area (Å²) >= 11 is 0. The number of hydrogen-bond acceptors (Lipinski definition) is 4. The van der Waals surface area contributed by atoms with Gasteiger partial charge in [0.1, 0.15) is 5.69 Å². The average Bonchev–Trinajstić information content (AvgIpc) is 2.95. The minimum Gasteiger partial charge on any atom is -0.421 e. The van der Waals surface area contributed by atoms with Gasteiger partial charge >= 0.3 is 0 Å². The van der Waals surface area contributed by atoms with Gasteiger partial charge in [0.2, 0.25) is 11.8 Å². The average molecular weight is 316 g/mol. The van der Waals surface area contributed by atoms with Gasteiger partial charge < -0.3 is 14.4 Å². The Kier molecular flexibility index (Phi) is 5.83. The zero-order valence-electron chi connectivity index (χ0n) is 14.7. The third kappa shape index (κ3) is 3.94. The second-order valence-electron chi connectivity index (χ2n) is 6.34. The van der Waals surface area contributed by atoms with Crippen LogP contribution in [0.5, 0.6) is 0 Å². The summed E-state index contributed by atoms with van der Waals surface area (Å²) in [4.78, 5) is 6.40. The highest BCUT2D eigenvalue weighted by Gasteiger charge is 2.37. The smallest absolute Gasteiger partial charge is 0.233 e. The number of hydrogen-bond donors (Lipinski definition) is 1. The van der Waals surface area contributed by atoms with Gasteiger partial charge in [-0.15, -0.1) is 0 Å². The molecule has 0 bridgehead atoms. The summed E-state index contributed by atoms with van der Waals surface area (Å²) in [6.07, 6.45) is 5.01. The molecule has 0 fully saturated rings. The topological polar surface area (TPSA) is 49.5 Å². The Hall–Kier alpha value is -1.81. The Bertz CT molecular complexity index is 607. The molecule has 2 rings (SSSR count). The summed E-state index contributed by atoms with van der Waals surface area (Å²) < 4.78 is 5.92. The van der Waals surface area contributed by atoms with Crippen LogP contribution in [0, 0.1) is 6.92 Å². The van der Waals surface area contributed by atoms with Crippen molar-refractivity contribution in [2.24, 2.45) is 0 Å². The number of nitrogens with zero attached hydrogens (tertiary/aromatic N) is 2. The molecule has 1 unspecified atom stereocenters. The van der Waals surface area contributed by atoms with Crippen LogP contribution in [-0.2, 0) is 5.60 Å². The van der Waals surface area contributed by atoms with E-state index in [0.717, 1.165) is 24.1 Å². The molecule has 0 aliphatic rings. The fourth-order valence-corrected chi connectivity index (χ4v) is 2.88. The van der Waals surface area contributed by atoms with Crippen molar-refractivity contribution in [2.75, 3.05) is 19.0 Å². The number of unbranched alkanes of at least 4 members (excludes halogenated alkanes) is 3. The summed E-state index contributed by atoms with van der Waals surface area (Å²) in [6, 6.07) is 9.71. The summed E-state index contributed by atoms with van der Waals surface area (Å²) in [7, 11) is 3.83. The molecular weight excluding hydrogens is 288 g/mol. The Balaban J connectivity index is 2.35. The first-order chi connectivity index (χ1) is 11.0.